The van der Waals surface area contributed by atoms with Crippen LogP contribution in [-0.2, 0) is 4.74 Å². The number of nitrogens with one attached hydrogen (secondary N) is 2. The van der Waals surface area contributed by atoms with Crippen LogP contribution < -0.4 is 15.4 Å². The van der Waals surface area contributed by atoms with Gasteiger partial charge in [0, 0.05) is 13.6 Å². The van der Waals surface area contributed by atoms with Gasteiger partial charge in [0.2, 0.25) is 5.88 Å². The Morgan fingerprint density at radius 1 is 1.35 bits per heavy atom. The monoisotopic (exact) mass is 282 g/mol. The smallest absolute Gasteiger partial charge is 0.407 e. The molecule has 112 valence electrons. The van der Waals surface area contributed by atoms with Crippen molar-refractivity contribution < 1.29 is 14.3 Å². The molecule has 0 unspecified atom stereocenters. The van der Waals surface area contributed by atoms with Crippen LogP contribution in [-0.4, -0.2) is 41.9 Å². The van der Waals surface area contributed by atoms with Gasteiger partial charge in [0.05, 0.1) is 19.0 Å². The number of carbonyl (C=O) groups is 1. The second kappa shape index (κ2) is 7.52. The molecule has 1 amide bonds. The van der Waals surface area contributed by atoms with Gasteiger partial charge in [-0.3, -0.25) is 4.98 Å². The van der Waals surface area contributed by atoms with E-state index in [1.54, 1.807) is 19.4 Å². The lowest BCUT2D eigenvalue weighted by atomic mass is 10.2. The number of ether oxygens (including phenoxy) is 2. The molecule has 0 bridgehead atoms. The van der Waals surface area contributed by atoms with Crippen LogP contribution in [0.15, 0.2) is 12.4 Å². The summed E-state index contributed by atoms with van der Waals surface area (Å²) in [6.07, 6.45) is 3.39. The second-order valence-corrected chi connectivity index (χ2v) is 5.12. The van der Waals surface area contributed by atoms with Gasteiger partial charge >= 0.3 is 6.09 Å². The van der Waals surface area contributed by atoms with Crippen LogP contribution in [0.4, 0.5) is 10.6 Å². The number of hydrogen-bond donors (Lipinski definition) is 2. The number of amides is 1. The van der Waals surface area contributed by atoms with Crippen molar-refractivity contribution in [3.8, 4) is 5.88 Å². The minimum absolute atomic E-state index is 0.422. The molecule has 0 aromatic carbocycles. The van der Waals surface area contributed by atoms with Crippen molar-refractivity contribution in [2.75, 3.05) is 25.5 Å². The first-order valence-corrected chi connectivity index (χ1v) is 6.50. The summed E-state index contributed by atoms with van der Waals surface area (Å²) in [6.45, 7) is 6.39. The van der Waals surface area contributed by atoms with E-state index in [0.717, 1.165) is 0 Å². The lowest BCUT2D eigenvalue weighted by Crippen LogP contribution is -2.33. The zero-order chi connectivity index (χ0) is 15.0. The summed E-state index contributed by atoms with van der Waals surface area (Å²) in [4.78, 5) is 19.5. The van der Waals surface area contributed by atoms with Crippen molar-refractivity contribution in [2.45, 2.75) is 32.8 Å². The lowest BCUT2D eigenvalue weighted by Gasteiger charge is -2.19. The fourth-order valence-corrected chi connectivity index (χ4v) is 1.29. The number of anilines is 1. The van der Waals surface area contributed by atoms with E-state index < -0.39 is 11.7 Å². The first kappa shape index (κ1) is 16.0. The molecule has 0 fully saturated rings. The summed E-state index contributed by atoms with van der Waals surface area (Å²) in [5, 5.41) is 5.54. The van der Waals surface area contributed by atoms with Crippen LogP contribution in [0.5, 0.6) is 5.88 Å². The van der Waals surface area contributed by atoms with Gasteiger partial charge in [0.15, 0.2) is 0 Å². The molecule has 0 aliphatic carbocycles. The highest BCUT2D eigenvalue weighted by Gasteiger charge is 2.15. The first-order valence-electron chi connectivity index (χ1n) is 6.50. The van der Waals surface area contributed by atoms with Gasteiger partial charge in [-0.05, 0) is 27.2 Å². The maximum Gasteiger partial charge on any atom is 0.407 e. The van der Waals surface area contributed by atoms with E-state index in [1.807, 2.05) is 20.8 Å². The third kappa shape index (κ3) is 6.77. The minimum Gasteiger partial charge on any atom is -0.476 e. The Kier molecular flexibility index (Phi) is 6.02. The Hall–Kier alpha value is -2.05. The number of carbonyl (C=O) groups excluding carboxylic acids is 1. The molecule has 0 atom stereocenters. The Labute approximate surface area is 119 Å². The van der Waals surface area contributed by atoms with Gasteiger partial charge in [-0.1, -0.05) is 0 Å². The highest BCUT2D eigenvalue weighted by molar-refractivity contribution is 5.67. The van der Waals surface area contributed by atoms with E-state index >= 15 is 0 Å². The highest BCUT2D eigenvalue weighted by Crippen LogP contribution is 2.08. The molecule has 0 radical (unpaired) electrons. The third-order valence-electron chi connectivity index (χ3n) is 2.11. The summed E-state index contributed by atoms with van der Waals surface area (Å²) in [5.74, 6) is 1.10. The molecule has 7 nitrogen and oxygen atoms in total. The SMILES string of the molecule is CNc1cncc(OCCCNC(=O)OC(C)(C)C)n1. The Morgan fingerprint density at radius 3 is 2.75 bits per heavy atom. The van der Waals surface area contributed by atoms with Gasteiger partial charge in [0.25, 0.3) is 0 Å². The van der Waals surface area contributed by atoms with Crippen molar-refractivity contribution in [1.29, 1.82) is 0 Å². The summed E-state index contributed by atoms with van der Waals surface area (Å²) in [6, 6.07) is 0. The summed E-state index contributed by atoms with van der Waals surface area (Å²) in [7, 11) is 1.76. The van der Waals surface area contributed by atoms with Gasteiger partial charge in [-0.2, -0.15) is 4.98 Å². The predicted octanol–water partition coefficient (Wildman–Crippen LogP) is 1.81. The molecule has 1 aromatic rings. The number of nitrogens with zero attached hydrogens (tertiary/aromatic N) is 2. The van der Waals surface area contributed by atoms with Crippen molar-refractivity contribution in [1.82, 2.24) is 15.3 Å². The third-order valence-corrected chi connectivity index (χ3v) is 2.11. The first-order chi connectivity index (χ1) is 9.40. The second-order valence-electron chi connectivity index (χ2n) is 5.12. The molecule has 0 saturated carbocycles. The van der Waals surface area contributed by atoms with Crippen molar-refractivity contribution >= 4 is 11.9 Å². The maximum atomic E-state index is 11.4. The van der Waals surface area contributed by atoms with E-state index in [-0.39, 0.29) is 0 Å². The fourth-order valence-electron chi connectivity index (χ4n) is 1.29. The van der Waals surface area contributed by atoms with Crippen LogP contribution in [0.2, 0.25) is 0 Å². The van der Waals surface area contributed by atoms with Crippen molar-refractivity contribution in [2.24, 2.45) is 0 Å². The van der Waals surface area contributed by atoms with Crippen molar-refractivity contribution in [3.05, 3.63) is 12.4 Å². The largest absolute Gasteiger partial charge is 0.476 e. The van der Waals surface area contributed by atoms with Crippen LogP contribution >= 0.6 is 0 Å². The topological polar surface area (TPSA) is 85.4 Å². The van der Waals surface area contributed by atoms with E-state index in [9.17, 15) is 4.79 Å². The van der Waals surface area contributed by atoms with E-state index in [0.29, 0.717) is 31.3 Å². The van der Waals surface area contributed by atoms with Crippen LogP contribution in [0.1, 0.15) is 27.2 Å². The summed E-state index contributed by atoms with van der Waals surface area (Å²) >= 11 is 0. The number of rotatable bonds is 6. The molecular formula is C13H22N4O3. The number of hydrogen-bond acceptors (Lipinski definition) is 6. The molecule has 0 spiro atoms. The normalized spacial score (nSPS) is 10.8. The molecule has 0 saturated heterocycles. The molecule has 0 aliphatic rings. The molecule has 2 N–H and O–H groups in total. The quantitative estimate of drug-likeness (QED) is 0.774. The van der Waals surface area contributed by atoms with Crippen LogP contribution in [0.25, 0.3) is 0 Å². The average Bonchev–Trinajstić information content (AvgIpc) is 2.36. The van der Waals surface area contributed by atoms with Crippen molar-refractivity contribution in [3.63, 3.8) is 0 Å². The molecule has 20 heavy (non-hydrogen) atoms. The molecule has 0 aliphatic heterocycles. The standard InChI is InChI=1S/C13H22N4O3/c1-13(2,3)20-12(18)16-6-5-7-19-11-9-15-8-10(14-4)17-11/h8-9H,5-7H2,1-4H3,(H,14,17)(H,16,18). The molecule has 1 aromatic heterocycles. The highest BCUT2D eigenvalue weighted by atomic mass is 16.6. The molecular weight excluding hydrogens is 260 g/mol. The summed E-state index contributed by atoms with van der Waals surface area (Å²) in [5.41, 5.74) is -0.482. The van der Waals surface area contributed by atoms with E-state index in [1.165, 1.54) is 0 Å². The minimum atomic E-state index is -0.482. The van der Waals surface area contributed by atoms with Gasteiger partial charge in [-0.25, -0.2) is 4.79 Å². The van der Waals surface area contributed by atoms with Gasteiger partial charge in [-0.15, -0.1) is 0 Å². The van der Waals surface area contributed by atoms with Gasteiger partial charge in [0.1, 0.15) is 11.4 Å². The zero-order valence-electron chi connectivity index (χ0n) is 12.4. The number of alkyl carbamates (subject to hydrolysis) is 1. The van der Waals surface area contributed by atoms with Crippen LogP contribution in [0, 0.1) is 0 Å². The Bertz CT molecular complexity index is 432. The fraction of sp³-hybridized carbons (Fsp3) is 0.615. The molecule has 7 heteroatoms. The summed E-state index contributed by atoms with van der Waals surface area (Å²) < 4.78 is 10.5. The number of aromatic nitrogens is 2. The molecule has 1 heterocycles. The predicted molar refractivity (Wildman–Crippen MR) is 75.9 cm³/mol. The Morgan fingerprint density at radius 2 is 2.10 bits per heavy atom. The average molecular weight is 282 g/mol. The maximum absolute atomic E-state index is 11.4. The Balaban J connectivity index is 2.17. The van der Waals surface area contributed by atoms with E-state index in [4.69, 9.17) is 9.47 Å². The zero-order valence-corrected chi connectivity index (χ0v) is 12.4. The lowest BCUT2D eigenvalue weighted by molar-refractivity contribution is 0.0525. The van der Waals surface area contributed by atoms with Crippen LogP contribution in [0.3, 0.4) is 0 Å². The molecule has 1 rings (SSSR count). The van der Waals surface area contributed by atoms with Gasteiger partial charge < -0.3 is 20.1 Å². The van der Waals surface area contributed by atoms with E-state index in [2.05, 4.69) is 20.6 Å².